The predicted molar refractivity (Wildman–Crippen MR) is 36.3 cm³/mol. The Morgan fingerprint density at radius 2 is 1.57 bits per heavy atom. The first kappa shape index (κ1) is 4.93. The molecule has 0 unspecified atom stereocenters. The van der Waals surface area contributed by atoms with Crippen molar-refractivity contribution in [1.82, 2.24) is 10.6 Å². The summed E-state index contributed by atoms with van der Waals surface area (Å²) in [6, 6.07) is 0. The summed E-state index contributed by atoms with van der Waals surface area (Å²) < 4.78 is 0. The summed E-state index contributed by atoms with van der Waals surface area (Å²) in [5.41, 5.74) is 0. The van der Waals surface area contributed by atoms with Crippen LogP contribution in [0.4, 0.5) is 0 Å². The zero-order chi connectivity index (χ0) is 5.28. The molecule has 0 atom stereocenters. The summed E-state index contributed by atoms with van der Waals surface area (Å²) in [5, 5.41) is 5.70. The van der Waals surface area contributed by atoms with Crippen molar-refractivity contribution in [3.05, 3.63) is 0 Å². The van der Waals surface area contributed by atoms with E-state index in [0.29, 0.717) is 16.6 Å². The average molecular weight is 132 g/mol. The van der Waals surface area contributed by atoms with Crippen LogP contribution in [-0.4, -0.2) is 16.6 Å². The molecule has 0 aliphatic carbocycles. The zero-order valence-electron chi connectivity index (χ0n) is 3.52. The largest absolute Gasteiger partial charge is 0.357 e. The fraction of sp³-hybridized carbons (Fsp3) is 0.333. The summed E-state index contributed by atoms with van der Waals surface area (Å²) in [5.74, 6) is 0. The van der Waals surface area contributed by atoms with E-state index in [2.05, 4.69) is 10.6 Å². The summed E-state index contributed by atoms with van der Waals surface area (Å²) in [4.78, 5) is 1.32. The third-order valence-electron chi connectivity index (χ3n) is 0.704. The van der Waals surface area contributed by atoms with Gasteiger partial charge < -0.3 is 10.6 Å². The molecule has 1 fully saturated rings. The second-order valence-electron chi connectivity index (χ2n) is 1.19. The lowest BCUT2D eigenvalue weighted by Crippen LogP contribution is -2.15. The van der Waals surface area contributed by atoms with Crippen molar-refractivity contribution >= 4 is 34.4 Å². The second kappa shape index (κ2) is 1.71. The van der Waals surface area contributed by atoms with E-state index in [-0.39, 0.29) is 0 Å². The van der Waals surface area contributed by atoms with Crippen molar-refractivity contribution in [3.8, 4) is 0 Å². The molecule has 1 rings (SSSR count). The smallest absolute Gasteiger partial charge is 0.135 e. The first-order chi connectivity index (χ1) is 3.30. The average Bonchev–Trinajstić information content (AvgIpc) is 1.91. The van der Waals surface area contributed by atoms with Gasteiger partial charge in [-0.05, 0) is 0 Å². The number of thiocarbonyl (C=S) groups is 2. The highest BCUT2D eigenvalue weighted by Crippen LogP contribution is 1.81. The third-order valence-corrected chi connectivity index (χ3v) is 1.53. The van der Waals surface area contributed by atoms with Crippen LogP contribution in [0.5, 0.6) is 0 Å². The minimum absolute atomic E-state index is 0.662. The molecule has 0 aromatic carbocycles. The molecule has 7 heavy (non-hydrogen) atoms. The minimum Gasteiger partial charge on any atom is -0.357 e. The molecule has 0 amide bonds. The Hall–Kier alpha value is -0.220. The van der Waals surface area contributed by atoms with E-state index < -0.39 is 0 Å². The van der Waals surface area contributed by atoms with Crippen LogP contribution >= 0.6 is 24.4 Å². The lowest BCUT2D eigenvalue weighted by atomic mass is 10.7. The van der Waals surface area contributed by atoms with Crippen LogP contribution in [0.25, 0.3) is 0 Å². The number of hydrogen-bond donors (Lipinski definition) is 2. The quantitative estimate of drug-likeness (QED) is 0.445. The van der Waals surface area contributed by atoms with Gasteiger partial charge in [0.25, 0.3) is 0 Å². The van der Waals surface area contributed by atoms with Gasteiger partial charge in [-0.2, -0.15) is 0 Å². The van der Waals surface area contributed by atoms with Gasteiger partial charge >= 0.3 is 0 Å². The minimum atomic E-state index is 0.662. The fourth-order valence-corrected chi connectivity index (χ4v) is 0.654. The van der Waals surface area contributed by atoms with Crippen molar-refractivity contribution < 1.29 is 0 Å². The predicted octanol–water partition coefficient (Wildman–Crippen LogP) is -0.209. The van der Waals surface area contributed by atoms with Crippen LogP contribution in [0.3, 0.4) is 0 Å². The van der Waals surface area contributed by atoms with Crippen LogP contribution in [0, 0.1) is 0 Å². The highest BCUT2D eigenvalue weighted by atomic mass is 32.1. The Balaban J connectivity index is 2.65. The molecule has 2 N–H and O–H groups in total. The van der Waals surface area contributed by atoms with Crippen LogP contribution in [-0.2, 0) is 0 Å². The molecule has 2 nitrogen and oxygen atoms in total. The molecule has 38 valence electrons. The van der Waals surface area contributed by atoms with E-state index >= 15 is 0 Å². The van der Waals surface area contributed by atoms with Gasteiger partial charge in [0.2, 0.25) is 0 Å². The van der Waals surface area contributed by atoms with Crippen LogP contribution < -0.4 is 10.6 Å². The van der Waals surface area contributed by atoms with E-state index in [9.17, 15) is 0 Å². The SMILES string of the molecule is S=C1NCNC1=S. The topological polar surface area (TPSA) is 24.1 Å². The molecule has 1 saturated heterocycles. The Morgan fingerprint density at radius 3 is 1.71 bits per heavy atom. The summed E-state index contributed by atoms with van der Waals surface area (Å²) in [7, 11) is 0. The molecule has 1 aliphatic rings. The Labute approximate surface area is 52.3 Å². The molecule has 1 heterocycles. The van der Waals surface area contributed by atoms with E-state index in [1.165, 1.54) is 0 Å². The lowest BCUT2D eigenvalue weighted by Gasteiger charge is -1.83. The highest BCUT2D eigenvalue weighted by molar-refractivity contribution is 7.89. The van der Waals surface area contributed by atoms with Crippen molar-refractivity contribution in [1.29, 1.82) is 0 Å². The molecule has 4 heteroatoms. The Bertz CT molecular complexity index is 106. The standard InChI is InChI=1S/C3H4N2S2/c6-2-3(7)5-1-4-2/h1H2,(H,4,6)(H,5,7). The molecule has 0 bridgehead atoms. The van der Waals surface area contributed by atoms with Crippen molar-refractivity contribution in [2.24, 2.45) is 0 Å². The molecule has 0 radical (unpaired) electrons. The van der Waals surface area contributed by atoms with Gasteiger partial charge in [0.15, 0.2) is 0 Å². The maximum atomic E-state index is 4.73. The van der Waals surface area contributed by atoms with E-state index in [4.69, 9.17) is 24.4 Å². The van der Waals surface area contributed by atoms with Crippen molar-refractivity contribution in [2.75, 3.05) is 6.67 Å². The maximum Gasteiger partial charge on any atom is 0.135 e. The molecule has 0 saturated carbocycles. The Kier molecular flexibility index (Phi) is 1.21. The van der Waals surface area contributed by atoms with Gasteiger partial charge in [-0.1, -0.05) is 24.4 Å². The molecule has 0 aromatic rings. The fourth-order valence-electron chi connectivity index (χ4n) is 0.365. The maximum absolute atomic E-state index is 4.73. The number of nitrogens with one attached hydrogen (secondary N) is 2. The van der Waals surface area contributed by atoms with Crippen molar-refractivity contribution in [3.63, 3.8) is 0 Å². The highest BCUT2D eigenvalue weighted by Gasteiger charge is 2.08. The zero-order valence-corrected chi connectivity index (χ0v) is 5.16. The van der Waals surface area contributed by atoms with E-state index in [0.717, 1.165) is 0 Å². The van der Waals surface area contributed by atoms with E-state index in [1.807, 2.05) is 0 Å². The van der Waals surface area contributed by atoms with Gasteiger partial charge in [0, 0.05) is 0 Å². The van der Waals surface area contributed by atoms with Gasteiger partial charge in [-0.25, -0.2) is 0 Å². The first-order valence-corrected chi connectivity index (χ1v) is 2.68. The van der Waals surface area contributed by atoms with Crippen molar-refractivity contribution in [2.45, 2.75) is 0 Å². The Morgan fingerprint density at radius 1 is 1.14 bits per heavy atom. The molecular formula is C3H4N2S2. The second-order valence-corrected chi connectivity index (χ2v) is 2.01. The summed E-state index contributed by atoms with van der Waals surface area (Å²) in [6.45, 7) is 0.692. The van der Waals surface area contributed by atoms with Gasteiger partial charge in [-0.3, -0.25) is 0 Å². The number of rotatable bonds is 0. The normalized spacial score (nSPS) is 18.9. The van der Waals surface area contributed by atoms with Gasteiger partial charge in [0.1, 0.15) is 9.98 Å². The first-order valence-electron chi connectivity index (χ1n) is 1.87. The lowest BCUT2D eigenvalue weighted by molar-refractivity contribution is 0.898. The summed E-state index contributed by atoms with van der Waals surface area (Å²) in [6.07, 6.45) is 0. The van der Waals surface area contributed by atoms with Crippen LogP contribution in [0.1, 0.15) is 0 Å². The van der Waals surface area contributed by atoms with Crippen LogP contribution in [0.15, 0.2) is 0 Å². The van der Waals surface area contributed by atoms with Crippen LogP contribution in [0.2, 0.25) is 0 Å². The summed E-state index contributed by atoms with van der Waals surface area (Å²) >= 11 is 9.45. The third kappa shape index (κ3) is 0.863. The number of hydrogen-bond acceptors (Lipinski definition) is 2. The molecular weight excluding hydrogens is 128 g/mol. The monoisotopic (exact) mass is 132 g/mol. The van der Waals surface area contributed by atoms with E-state index in [1.54, 1.807) is 0 Å². The molecule has 0 aromatic heterocycles. The van der Waals surface area contributed by atoms with Gasteiger partial charge in [-0.15, -0.1) is 0 Å². The molecule has 0 spiro atoms. The molecule has 1 aliphatic heterocycles. The van der Waals surface area contributed by atoms with Gasteiger partial charge in [0.05, 0.1) is 6.67 Å².